The molecule has 6 heteroatoms. The third-order valence-electron chi connectivity index (χ3n) is 5.06. The summed E-state index contributed by atoms with van der Waals surface area (Å²) in [6.45, 7) is 6.42. The van der Waals surface area contributed by atoms with Crippen molar-refractivity contribution in [3.8, 4) is 5.75 Å². The number of nitrogens with zero attached hydrogens (tertiary/aromatic N) is 3. The highest BCUT2D eigenvalue weighted by molar-refractivity contribution is 5.98. The molecule has 0 aliphatic heterocycles. The van der Waals surface area contributed by atoms with E-state index in [0.29, 0.717) is 17.8 Å². The Labute approximate surface area is 169 Å². The normalized spacial score (nSPS) is 11.3. The summed E-state index contributed by atoms with van der Waals surface area (Å²) in [5, 5.41) is 10.5. The van der Waals surface area contributed by atoms with Crippen molar-refractivity contribution >= 4 is 27.7 Å². The Bertz CT molecular complexity index is 1210. The summed E-state index contributed by atoms with van der Waals surface area (Å²) in [6.07, 6.45) is 1.76. The van der Waals surface area contributed by atoms with Gasteiger partial charge in [-0.2, -0.15) is 5.10 Å². The van der Waals surface area contributed by atoms with Gasteiger partial charge in [0.05, 0.1) is 24.6 Å². The molecule has 0 atom stereocenters. The average molecular weight is 388 g/mol. The number of hydrogen-bond acceptors (Lipinski definition) is 4. The molecule has 2 aromatic heterocycles. The van der Waals surface area contributed by atoms with E-state index in [-0.39, 0.29) is 11.9 Å². The Morgan fingerprint density at radius 3 is 2.62 bits per heavy atom. The van der Waals surface area contributed by atoms with E-state index >= 15 is 0 Å². The van der Waals surface area contributed by atoms with Crippen molar-refractivity contribution in [2.75, 3.05) is 7.11 Å². The summed E-state index contributed by atoms with van der Waals surface area (Å²) in [6, 6.07) is 14.2. The van der Waals surface area contributed by atoms with Gasteiger partial charge in [-0.25, -0.2) is 9.67 Å². The maximum absolute atomic E-state index is 12.8. The first-order valence-electron chi connectivity index (χ1n) is 9.66. The SMILES string of the molecule is COc1ccc2cc(CNC(=O)c3cc4cnn(C(C)C)c4nc3C)ccc2c1. The van der Waals surface area contributed by atoms with Crippen LogP contribution in [-0.2, 0) is 6.54 Å². The number of pyridine rings is 1. The van der Waals surface area contributed by atoms with Gasteiger partial charge < -0.3 is 10.1 Å². The Morgan fingerprint density at radius 1 is 1.10 bits per heavy atom. The highest BCUT2D eigenvalue weighted by Crippen LogP contribution is 2.22. The smallest absolute Gasteiger partial charge is 0.253 e. The molecule has 1 N–H and O–H groups in total. The molecule has 29 heavy (non-hydrogen) atoms. The molecule has 6 nitrogen and oxygen atoms in total. The standard InChI is InChI=1S/C23H24N4O2/c1-14(2)27-22-19(13-25-27)11-21(15(3)26-22)23(28)24-12-16-5-6-18-10-20(29-4)8-7-17(18)9-16/h5-11,13-14H,12H2,1-4H3,(H,24,28). The topological polar surface area (TPSA) is 69.0 Å². The van der Waals surface area contributed by atoms with E-state index in [1.54, 1.807) is 13.3 Å². The highest BCUT2D eigenvalue weighted by Gasteiger charge is 2.15. The van der Waals surface area contributed by atoms with Crippen molar-refractivity contribution < 1.29 is 9.53 Å². The van der Waals surface area contributed by atoms with Gasteiger partial charge in [0.1, 0.15) is 5.75 Å². The van der Waals surface area contributed by atoms with Crippen LogP contribution in [0.3, 0.4) is 0 Å². The maximum atomic E-state index is 12.8. The van der Waals surface area contributed by atoms with Crippen LogP contribution in [0, 0.1) is 6.92 Å². The van der Waals surface area contributed by atoms with Crippen LogP contribution in [0.4, 0.5) is 0 Å². The molecule has 0 fully saturated rings. The first kappa shape index (κ1) is 18.9. The molecule has 148 valence electrons. The summed E-state index contributed by atoms with van der Waals surface area (Å²) in [7, 11) is 1.66. The van der Waals surface area contributed by atoms with Crippen LogP contribution in [0.5, 0.6) is 5.75 Å². The van der Waals surface area contributed by atoms with Crippen LogP contribution < -0.4 is 10.1 Å². The molecule has 0 aliphatic carbocycles. The van der Waals surface area contributed by atoms with Gasteiger partial charge in [0, 0.05) is 18.0 Å². The van der Waals surface area contributed by atoms with Crippen LogP contribution >= 0.6 is 0 Å². The largest absolute Gasteiger partial charge is 0.497 e. The van der Waals surface area contributed by atoms with Crippen LogP contribution in [0.1, 0.15) is 41.5 Å². The van der Waals surface area contributed by atoms with Gasteiger partial charge in [-0.3, -0.25) is 4.79 Å². The second-order valence-electron chi connectivity index (χ2n) is 7.45. The molecule has 4 aromatic rings. The summed E-state index contributed by atoms with van der Waals surface area (Å²) in [5.41, 5.74) is 3.11. The Morgan fingerprint density at radius 2 is 1.86 bits per heavy atom. The molecule has 1 amide bonds. The van der Waals surface area contributed by atoms with Crippen molar-refractivity contribution in [1.82, 2.24) is 20.1 Å². The lowest BCUT2D eigenvalue weighted by Gasteiger charge is -2.10. The summed E-state index contributed by atoms with van der Waals surface area (Å²) >= 11 is 0. The van der Waals surface area contributed by atoms with E-state index in [9.17, 15) is 4.79 Å². The Balaban J connectivity index is 1.53. The van der Waals surface area contributed by atoms with Gasteiger partial charge in [-0.1, -0.05) is 18.2 Å². The number of ether oxygens (including phenoxy) is 1. The average Bonchev–Trinajstić information content (AvgIpc) is 3.13. The van der Waals surface area contributed by atoms with Crippen LogP contribution in [0.25, 0.3) is 21.8 Å². The summed E-state index contributed by atoms with van der Waals surface area (Å²) in [5.74, 6) is 0.696. The lowest BCUT2D eigenvalue weighted by Crippen LogP contribution is -2.24. The van der Waals surface area contributed by atoms with Crippen molar-refractivity contribution in [1.29, 1.82) is 0 Å². The first-order chi connectivity index (χ1) is 14.0. The lowest BCUT2D eigenvalue weighted by atomic mass is 10.1. The minimum Gasteiger partial charge on any atom is -0.497 e. The molecular weight excluding hydrogens is 364 g/mol. The van der Waals surface area contributed by atoms with Gasteiger partial charge in [0.15, 0.2) is 5.65 Å². The Kier molecular flexibility index (Phi) is 4.92. The molecule has 2 heterocycles. The van der Waals surface area contributed by atoms with Gasteiger partial charge in [0.2, 0.25) is 0 Å². The number of hydrogen-bond donors (Lipinski definition) is 1. The van der Waals surface area contributed by atoms with Crippen molar-refractivity contribution in [2.24, 2.45) is 0 Å². The van der Waals surface area contributed by atoms with Crippen molar-refractivity contribution in [3.63, 3.8) is 0 Å². The van der Waals surface area contributed by atoms with Crippen LogP contribution in [-0.4, -0.2) is 27.8 Å². The molecule has 0 bridgehead atoms. The van der Waals surface area contributed by atoms with E-state index in [0.717, 1.165) is 33.1 Å². The number of benzene rings is 2. The minimum absolute atomic E-state index is 0.135. The van der Waals surface area contributed by atoms with Gasteiger partial charge in [-0.05, 0) is 61.4 Å². The summed E-state index contributed by atoms with van der Waals surface area (Å²) < 4.78 is 7.14. The highest BCUT2D eigenvalue weighted by atomic mass is 16.5. The van der Waals surface area contributed by atoms with E-state index in [2.05, 4.69) is 35.3 Å². The molecule has 4 rings (SSSR count). The number of rotatable bonds is 5. The van der Waals surface area contributed by atoms with E-state index in [4.69, 9.17) is 4.74 Å². The number of aryl methyl sites for hydroxylation is 1. The van der Waals surface area contributed by atoms with E-state index in [1.165, 1.54) is 0 Å². The molecule has 0 unspecified atom stereocenters. The number of aromatic nitrogens is 3. The molecule has 0 saturated heterocycles. The molecule has 2 aromatic carbocycles. The summed E-state index contributed by atoms with van der Waals surface area (Å²) in [4.78, 5) is 17.4. The number of carbonyl (C=O) groups excluding carboxylic acids is 1. The second-order valence-corrected chi connectivity index (χ2v) is 7.45. The fourth-order valence-corrected chi connectivity index (χ4v) is 3.46. The van der Waals surface area contributed by atoms with Crippen LogP contribution in [0.2, 0.25) is 0 Å². The van der Waals surface area contributed by atoms with Crippen LogP contribution in [0.15, 0.2) is 48.7 Å². The number of methoxy groups -OCH3 is 1. The zero-order valence-electron chi connectivity index (χ0n) is 17.1. The van der Waals surface area contributed by atoms with E-state index < -0.39 is 0 Å². The van der Waals surface area contributed by atoms with Gasteiger partial charge in [-0.15, -0.1) is 0 Å². The minimum atomic E-state index is -0.135. The first-order valence-corrected chi connectivity index (χ1v) is 9.66. The molecule has 0 radical (unpaired) electrons. The quantitative estimate of drug-likeness (QED) is 0.550. The number of fused-ring (bicyclic) bond motifs is 2. The zero-order chi connectivity index (χ0) is 20.5. The monoisotopic (exact) mass is 388 g/mol. The molecule has 0 spiro atoms. The number of nitrogens with one attached hydrogen (secondary N) is 1. The number of carbonyl (C=O) groups is 1. The van der Waals surface area contributed by atoms with Crippen molar-refractivity contribution in [2.45, 2.75) is 33.4 Å². The van der Waals surface area contributed by atoms with Gasteiger partial charge >= 0.3 is 0 Å². The molecular formula is C23H24N4O2. The molecule has 0 saturated carbocycles. The van der Waals surface area contributed by atoms with Crippen molar-refractivity contribution in [3.05, 3.63) is 65.5 Å². The lowest BCUT2D eigenvalue weighted by molar-refractivity contribution is 0.0950. The zero-order valence-corrected chi connectivity index (χ0v) is 17.1. The maximum Gasteiger partial charge on any atom is 0.253 e. The fourth-order valence-electron chi connectivity index (χ4n) is 3.46. The van der Waals surface area contributed by atoms with Gasteiger partial charge in [0.25, 0.3) is 5.91 Å². The third-order valence-corrected chi connectivity index (χ3v) is 5.06. The fraction of sp³-hybridized carbons (Fsp3) is 0.261. The number of amides is 1. The predicted molar refractivity (Wildman–Crippen MR) is 114 cm³/mol. The predicted octanol–water partition coefficient (Wildman–Crippen LogP) is 4.41. The third kappa shape index (κ3) is 3.66. The Hall–Kier alpha value is -3.41. The second kappa shape index (κ2) is 7.54. The molecule has 0 aliphatic rings. The van der Waals surface area contributed by atoms with E-state index in [1.807, 2.05) is 48.0 Å².